The second-order valence-electron chi connectivity index (χ2n) is 9.18. The van der Waals surface area contributed by atoms with Crippen LogP contribution in [0.15, 0.2) is 30.3 Å². The van der Waals surface area contributed by atoms with Crippen molar-refractivity contribution in [1.29, 1.82) is 0 Å². The summed E-state index contributed by atoms with van der Waals surface area (Å²) < 4.78 is 5.59. The van der Waals surface area contributed by atoms with Crippen molar-refractivity contribution >= 4 is 6.03 Å². The average molecular weight is 402 g/mol. The smallest absolute Gasteiger partial charge is 0.320 e. The molecule has 160 valence electrons. The molecule has 3 fully saturated rings. The topological polar surface area (TPSA) is 65.0 Å². The maximum absolute atomic E-state index is 12.8. The summed E-state index contributed by atoms with van der Waals surface area (Å²) in [6.07, 6.45) is 4.44. The van der Waals surface area contributed by atoms with Gasteiger partial charge in [0.05, 0.1) is 12.7 Å². The highest BCUT2D eigenvalue weighted by atomic mass is 16.5. The largest absolute Gasteiger partial charge is 0.391 e. The van der Waals surface area contributed by atoms with Crippen LogP contribution in [-0.4, -0.2) is 79.5 Å². The van der Waals surface area contributed by atoms with Gasteiger partial charge in [0.2, 0.25) is 0 Å². The number of carbonyl (C=O) groups excluding carboxylic acids is 1. The van der Waals surface area contributed by atoms with Crippen LogP contribution in [0.2, 0.25) is 0 Å². The van der Waals surface area contributed by atoms with Crippen LogP contribution >= 0.6 is 0 Å². The fraction of sp³-hybridized carbons (Fsp3) is 0.696. The van der Waals surface area contributed by atoms with Gasteiger partial charge in [-0.2, -0.15) is 0 Å². The number of likely N-dealkylation sites (tertiary alicyclic amines) is 2. The lowest BCUT2D eigenvalue weighted by atomic mass is 9.79. The van der Waals surface area contributed by atoms with Crippen molar-refractivity contribution in [2.45, 2.75) is 50.2 Å². The number of rotatable bonds is 6. The van der Waals surface area contributed by atoms with Crippen LogP contribution in [-0.2, 0) is 4.74 Å². The molecule has 0 spiro atoms. The Bertz CT molecular complexity index is 675. The molecule has 2 saturated heterocycles. The number of hydrogen-bond donors (Lipinski definition) is 2. The predicted octanol–water partition coefficient (Wildman–Crippen LogP) is 2.44. The third-order valence-corrected chi connectivity index (χ3v) is 6.97. The minimum atomic E-state index is -0.370. The number of methoxy groups -OCH3 is 1. The van der Waals surface area contributed by atoms with Crippen LogP contribution < -0.4 is 5.32 Å². The molecule has 3 atom stereocenters. The first-order valence-corrected chi connectivity index (χ1v) is 11.1. The number of urea groups is 1. The van der Waals surface area contributed by atoms with Crippen LogP contribution in [0.4, 0.5) is 4.79 Å². The second-order valence-corrected chi connectivity index (χ2v) is 9.18. The van der Waals surface area contributed by atoms with Gasteiger partial charge in [0.1, 0.15) is 0 Å². The summed E-state index contributed by atoms with van der Waals surface area (Å²) in [5.74, 6) is 0.628. The van der Waals surface area contributed by atoms with E-state index in [-0.39, 0.29) is 17.6 Å². The summed E-state index contributed by atoms with van der Waals surface area (Å²) in [4.78, 5) is 16.6. The first kappa shape index (κ1) is 20.6. The van der Waals surface area contributed by atoms with E-state index in [4.69, 9.17) is 4.74 Å². The molecule has 2 amide bonds. The summed E-state index contributed by atoms with van der Waals surface area (Å²) in [5.41, 5.74) is 1.52. The molecule has 0 aromatic heterocycles. The number of aliphatic hydroxyl groups is 1. The molecule has 6 nitrogen and oxygen atoms in total. The highest BCUT2D eigenvalue weighted by Gasteiger charge is 2.42. The van der Waals surface area contributed by atoms with Crippen molar-refractivity contribution in [2.75, 3.05) is 46.4 Å². The molecule has 1 saturated carbocycles. The van der Waals surface area contributed by atoms with Gasteiger partial charge in [-0.15, -0.1) is 0 Å². The maximum Gasteiger partial charge on any atom is 0.320 e. The third-order valence-electron chi connectivity index (χ3n) is 6.97. The Balaban J connectivity index is 1.28. The summed E-state index contributed by atoms with van der Waals surface area (Å²) >= 11 is 0. The molecule has 1 aromatic carbocycles. The van der Waals surface area contributed by atoms with Gasteiger partial charge >= 0.3 is 6.03 Å². The number of carbonyl (C=O) groups is 1. The second kappa shape index (κ2) is 9.02. The lowest BCUT2D eigenvalue weighted by molar-refractivity contribution is 0.0196. The zero-order valence-electron chi connectivity index (χ0n) is 17.6. The van der Waals surface area contributed by atoms with E-state index in [1.807, 2.05) is 9.80 Å². The molecule has 3 aliphatic rings. The molecule has 2 aliphatic heterocycles. The van der Waals surface area contributed by atoms with Crippen LogP contribution in [0.3, 0.4) is 0 Å². The Morgan fingerprint density at radius 2 is 1.97 bits per heavy atom. The molecule has 1 aromatic rings. The Labute approximate surface area is 174 Å². The van der Waals surface area contributed by atoms with Crippen molar-refractivity contribution in [1.82, 2.24) is 15.1 Å². The van der Waals surface area contributed by atoms with Crippen LogP contribution in [0.25, 0.3) is 0 Å². The normalized spacial score (nSPS) is 29.0. The molecule has 6 heteroatoms. The van der Waals surface area contributed by atoms with Gasteiger partial charge in [0, 0.05) is 57.2 Å². The quantitative estimate of drug-likeness (QED) is 0.769. The highest BCUT2D eigenvalue weighted by Crippen LogP contribution is 2.42. The first-order valence-electron chi connectivity index (χ1n) is 11.1. The Morgan fingerprint density at radius 3 is 2.66 bits per heavy atom. The van der Waals surface area contributed by atoms with Gasteiger partial charge in [-0.1, -0.05) is 30.3 Å². The molecular weight excluding hydrogens is 366 g/mol. The number of aliphatic hydroxyl groups excluding tert-OH is 1. The minimum absolute atomic E-state index is 0.0917. The van der Waals surface area contributed by atoms with Crippen LogP contribution in [0.5, 0.6) is 0 Å². The van der Waals surface area contributed by atoms with E-state index in [0.717, 1.165) is 58.5 Å². The van der Waals surface area contributed by atoms with E-state index in [1.165, 1.54) is 12.0 Å². The van der Waals surface area contributed by atoms with Crippen molar-refractivity contribution in [3.63, 3.8) is 0 Å². The number of β-amino-alcohol motifs (C(OH)–C–C–N with tert-alkyl or cyclic N) is 1. The first-order chi connectivity index (χ1) is 14.1. The Morgan fingerprint density at radius 1 is 1.21 bits per heavy atom. The summed E-state index contributed by atoms with van der Waals surface area (Å²) in [5, 5.41) is 13.7. The minimum Gasteiger partial charge on any atom is -0.391 e. The maximum atomic E-state index is 12.8. The molecule has 1 aliphatic carbocycles. The fourth-order valence-corrected chi connectivity index (χ4v) is 5.02. The number of ether oxygens (including phenoxy) is 1. The van der Waals surface area contributed by atoms with E-state index in [2.05, 4.69) is 35.6 Å². The zero-order valence-corrected chi connectivity index (χ0v) is 17.6. The van der Waals surface area contributed by atoms with Crippen molar-refractivity contribution in [2.24, 2.45) is 5.41 Å². The standard InChI is InChI=1S/C23H35N3O3/c1-29-17-23(16-24-21-14-20(21)18-6-3-2-4-7-18)9-12-25(13-10-23)22(28)26-11-5-8-19(27)15-26/h2-4,6-7,19-21,24,27H,5,8-17H2,1H3/t19?,20-,21+/m0/s1. The van der Waals surface area contributed by atoms with Gasteiger partial charge in [0.15, 0.2) is 0 Å². The van der Waals surface area contributed by atoms with Gasteiger partial charge in [-0.3, -0.25) is 0 Å². The van der Waals surface area contributed by atoms with E-state index in [0.29, 0.717) is 18.5 Å². The van der Waals surface area contributed by atoms with Gasteiger partial charge in [-0.25, -0.2) is 4.79 Å². The Kier molecular flexibility index (Phi) is 6.42. The molecule has 4 rings (SSSR count). The lowest BCUT2D eigenvalue weighted by Gasteiger charge is -2.43. The number of hydrogen-bond acceptors (Lipinski definition) is 4. The highest BCUT2D eigenvalue weighted by molar-refractivity contribution is 5.74. The molecule has 2 N–H and O–H groups in total. The molecule has 0 radical (unpaired) electrons. The van der Waals surface area contributed by atoms with Crippen molar-refractivity contribution < 1.29 is 14.6 Å². The van der Waals surface area contributed by atoms with Crippen molar-refractivity contribution in [3.05, 3.63) is 35.9 Å². The number of nitrogens with one attached hydrogen (secondary N) is 1. The van der Waals surface area contributed by atoms with E-state index in [9.17, 15) is 9.90 Å². The third kappa shape index (κ3) is 4.93. The zero-order chi connectivity index (χ0) is 20.3. The number of piperidine rings is 2. The average Bonchev–Trinajstić information content (AvgIpc) is 3.53. The number of nitrogens with zero attached hydrogens (tertiary/aromatic N) is 2. The summed E-state index contributed by atoms with van der Waals surface area (Å²) in [7, 11) is 1.78. The van der Waals surface area contributed by atoms with Gasteiger partial charge in [-0.05, 0) is 37.7 Å². The number of benzene rings is 1. The Hall–Kier alpha value is -1.63. The molecule has 29 heavy (non-hydrogen) atoms. The van der Waals surface area contributed by atoms with E-state index < -0.39 is 0 Å². The molecule has 1 unspecified atom stereocenters. The molecule has 2 heterocycles. The monoisotopic (exact) mass is 401 g/mol. The van der Waals surface area contributed by atoms with Crippen molar-refractivity contribution in [3.8, 4) is 0 Å². The molecular formula is C23H35N3O3. The summed E-state index contributed by atoms with van der Waals surface area (Å²) in [6.45, 7) is 4.45. The lowest BCUT2D eigenvalue weighted by Crippen LogP contribution is -2.54. The SMILES string of the molecule is COCC1(CN[C@@H]2C[C@H]2c2ccccc2)CCN(C(=O)N2CCCC(O)C2)CC1. The molecule has 0 bridgehead atoms. The van der Waals surface area contributed by atoms with Gasteiger partial charge in [0.25, 0.3) is 0 Å². The summed E-state index contributed by atoms with van der Waals surface area (Å²) in [6, 6.07) is 11.4. The van der Waals surface area contributed by atoms with Gasteiger partial charge < -0.3 is 25.0 Å². The van der Waals surface area contributed by atoms with E-state index >= 15 is 0 Å². The predicted molar refractivity (Wildman–Crippen MR) is 113 cm³/mol. The number of amides is 2. The van der Waals surface area contributed by atoms with Crippen LogP contribution in [0.1, 0.15) is 43.6 Å². The van der Waals surface area contributed by atoms with E-state index in [1.54, 1.807) is 7.11 Å². The van der Waals surface area contributed by atoms with Crippen LogP contribution in [0, 0.1) is 5.41 Å². The fourth-order valence-electron chi connectivity index (χ4n) is 5.02.